The fourth-order valence-electron chi connectivity index (χ4n) is 1.68. The average molecular weight is 222 g/mol. The van der Waals surface area contributed by atoms with Crippen LogP contribution in [0.4, 0.5) is 5.69 Å². The topological polar surface area (TPSA) is 55.1 Å². The van der Waals surface area contributed by atoms with Gasteiger partial charge in [0.15, 0.2) is 0 Å². The van der Waals surface area contributed by atoms with E-state index in [1.165, 1.54) is 5.56 Å². The SMILES string of the molecule is CCc1cccc2c1NC(=O)C(CN)S2. The highest BCUT2D eigenvalue weighted by atomic mass is 32.2. The number of carbonyl (C=O) groups excluding carboxylic acids is 1. The summed E-state index contributed by atoms with van der Waals surface area (Å²) in [5, 5.41) is 2.79. The van der Waals surface area contributed by atoms with E-state index in [2.05, 4.69) is 12.2 Å². The quantitative estimate of drug-likeness (QED) is 0.799. The molecule has 1 aliphatic heterocycles. The minimum Gasteiger partial charge on any atom is -0.329 e. The van der Waals surface area contributed by atoms with Gasteiger partial charge in [-0.05, 0) is 18.1 Å². The molecule has 1 aliphatic rings. The van der Waals surface area contributed by atoms with E-state index in [9.17, 15) is 4.79 Å². The van der Waals surface area contributed by atoms with Crippen LogP contribution < -0.4 is 11.1 Å². The van der Waals surface area contributed by atoms with Crippen molar-refractivity contribution >= 4 is 23.4 Å². The molecular formula is C11H14N2OS. The second-order valence-electron chi connectivity index (χ2n) is 3.48. The molecule has 80 valence electrons. The number of amides is 1. The first kappa shape index (κ1) is 10.5. The second-order valence-corrected chi connectivity index (χ2v) is 4.72. The number of nitrogens with one attached hydrogen (secondary N) is 1. The van der Waals surface area contributed by atoms with Crippen LogP contribution in [0.15, 0.2) is 23.1 Å². The zero-order chi connectivity index (χ0) is 10.8. The molecule has 2 rings (SSSR count). The van der Waals surface area contributed by atoms with Crippen molar-refractivity contribution in [3.8, 4) is 0 Å². The highest BCUT2D eigenvalue weighted by Crippen LogP contribution is 2.37. The normalized spacial score (nSPS) is 19.6. The van der Waals surface area contributed by atoms with E-state index >= 15 is 0 Å². The number of hydrogen-bond donors (Lipinski definition) is 2. The fourth-order valence-corrected chi connectivity index (χ4v) is 2.70. The van der Waals surface area contributed by atoms with E-state index in [-0.39, 0.29) is 11.2 Å². The summed E-state index contributed by atoms with van der Waals surface area (Å²) >= 11 is 1.56. The van der Waals surface area contributed by atoms with Gasteiger partial charge in [0.2, 0.25) is 5.91 Å². The molecule has 0 fully saturated rings. The van der Waals surface area contributed by atoms with Crippen LogP contribution in [0.1, 0.15) is 12.5 Å². The van der Waals surface area contributed by atoms with Gasteiger partial charge in [-0.3, -0.25) is 4.79 Å². The predicted molar refractivity (Wildman–Crippen MR) is 63.1 cm³/mol. The fraction of sp³-hybridized carbons (Fsp3) is 0.364. The lowest BCUT2D eigenvalue weighted by Gasteiger charge is -2.24. The number of hydrogen-bond acceptors (Lipinski definition) is 3. The third-order valence-corrected chi connectivity index (χ3v) is 3.80. The minimum atomic E-state index is -0.149. The van der Waals surface area contributed by atoms with Crippen LogP contribution >= 0.6 is 11.8 Å². The highest BCUT2D eigenvalue weighted by Gasteiger charge is 2.26. The van der Waals surface area contributed by atoms with Crippen molar-refractivity contribution in [2.75, 3.05) is 11.9 Å². The first-order valence-corrected chi connectivity index (χ1v) is 5.93. The van der Waals surface area contributed by atoms with Crippen molar-refractivity contribution in [2.45, 2.75) is 23.5 Å². The van der Waals surface area contributed by atoms with Crippen molar-refractivity contribution in [2.24, 2.45) is 5.73 Å². The summed E-state index contributed by atoms with van der Waals surface area (Å²) in [5.74, 6) is 0.0240. The van der Waals surface area contributed by atoms with Crippen LogP contribution in [-0.2, 0) is 11.2 Å². The van der Waals surface area contributed by atoms with Crippen molar-refractivity contribution in [3.05, 3.63) is 23.8 Å². The summed E-state index contributed by atoms with van der Waals surface area (Å²) < 4.78 is 0. The third kappa shape index (κ3) is 1.87. The van der Waals surface area contributed by atoms with Crippen LogP contribution in [-0.4, -0.2) is 17.7 Å². The Bertz CT molecular complexity index is 392. The van der Waals surface area contributed by atoms with Gasteiger partial charge in [0.1, 0.15) is 5.25 Å². The monoisotopic (exact) mass is 222 g/mol. The largest absolute Gasteiger partial charge is 0.329 e. The van der Waals surface area contributed by atoms with E-state index in [0.29, 0.717) is 6.54 Å². The molecular weight excluding hydrogens is 208 g/mol. The number of thioether (sulfide) groups is 1. The number of anilines is 1. The lowest BCUT2D eigenvalue weighted by atomic mass is 10.1. The number of fused-ring (bicyclic) bond motifs is 1. The van der Waals surface area contributed by atoms with Gasteiger partial charge in [0.05, 0.1) is 5.69 Å². The maximum Gasteiger partial charge on any atom is 0.239 e. The van der Waals surface area contributed by atoms with Gasteiger partial charge in [-0.1, -0.05) is 19.1 Å². The van der Waals surface area contributed by atoms with Crippen LogP contribution in [0.2, 0.25) is 0 Å². The number of benzene rings is 1. The molecule has 0 saturated carbocycles. The molecule has 15 heavy (non-hydrogen) atoms. The molecule has 4 heteroatoms. The Morgan fingerprint density at radius 3 is 3.00 bits per heavy atom. The number of nitrogens with two attached hydrogens (primary N) is 1. The van der Waals surface area contributed by atoms with E-state index in [0.717, 1.165) is 17.0 Å². The first-order valence-electron chi connectivity index (χ1n) is 5.05. The zero-order valence-corrected chi connectivity index (χ0v) is 9.43. The van der Waals surface area contributed by atoms with Crippen molar-refractivity contribution in [1.29, 1.82) is 0 Å². The maximum absolute atomic E-state index is 11.6. The van der Waals surface area contributed by atoms with E-state index in [1.807, 2.05) is 18.2 Å². The Kier molecular flexibility index (Phi) is 2.98. The van der Waals surface area contributed by atoms with E-state index in [4.69, 9.17) is 5.73 Å². The summed E-state index contributed by atoms with van der Waals surface area (Å²) in [6, 6.07) is 6.10. The number of para-hydroxylation sites is 1. The van der Waals surface area contributed by atoms with Crippen LogP contribution in [0.25, 0.3) is 0 Å². The molecule has 1 aromatic rings. The van der Waals surface area contributed by atoms with E-state index < -0.39 is 0 Å². The molecule has 0 radical (unpaired) electrons. The van der Waals surface area contributed by atoms with Gasteiger partial charge < -0.3 is 11.1 Å². The Morgan fingerprint density at radius 1 is 1.53 bits per heavy atom. The molecule has 1 unspecified atom stereocenters. The highest BCUT2D eigenvalue weighted by molar-refractivity contribution is 8.01. The standard InChI is InChI=1S/C11H14N2OS/c1-2-7-4-3-5-8-10(7)13-11(14)9(6-12)15-8/h3-5,9H,2,6,12H2,1H3,(H,13,14). The third-order valence-electron chi connectivity index (χ3n) is 2.52. The Labute approximate surface area is 93.4 Å². The average Bonchev–Trinajstić information content (AvgIpc) is 2.27. The summed E-state index contributed by atoms with van der Waals surface area (Å²) in [6.07, 6.45) is 0.928. The molecule has 3 N–H and O–H groups in total. The molecule has 0 aliphatic carbocycles. The van der Waals surface area contributed by atoms with Crippen molar-refractivity contribution in [3.63, 3.8) is 0 Å². The molecule has 0 saturated heterocycles. The maximum atomic E-state index is 11.6. The summed E-state index contributed by atoms with van der Waals surface area (Å²) in [4.78, 5) is 12.8. The van der Waals surface area contributed by atoms with Gasteiger partial charge in [-0.2, -0.15) is 0 Å². The Hall–Kier alpha value is -1.000. The smallest absolute Gasteiger partial charge is 0.239 e. The number of carbonyl (C=O) groups is 1. The lowest BCUT2D eigenvalue weighted by molar-refractivity contribution is -0.115. The molecule has 0 spiro atoms. The van der Waals surface area contributed by atoms with Crippen LogP contribution in [0.3, 0.4) is 0 Å². The van der Waals surface area contributed by atoms with E-state index in [1.54, 1.807) is 11.8 Å². The first-order chi connectivity index (χ1) is 7.26. The van der Waals surface area contributed by atoms with Crippen LogP contribution in [0.5, 0.6) is 0 Å². The molecule has 1 amide bonds. The zero-order valence-electron chi connectivity index (χ0n) is 8.62. The molecule has 0 aromatic heterocycles. The van der Waals surface area contributed by atoms with Gasteiger partial charge >= 0.3 is 0 Å². The number of rotatable bonds is 2. The molecule has 0 bridgehead atoms. The summed E-state index contributed by atoms with van der Waals surface area (Å²) in [7, 11) is 0. The Balaban J connectivity index is 2.39. The van der Waals surface area contributed by atoms with Gasteiger partial charge in [0.25, 0.3) is 0 Å². The van der Waals surface area contributed by atoms with Crippen LogP contribution in [0, 0.1) is 0 Å². The molecule has 1 heterocycles. The summed E-state index contributed by atoms with van der Waals surface area (Å²) in [5.41, 5.74) is 7.70. The Morgan fingerprint density at radius 2 is 2.33 bits per heavy atom. The summed E-state index contributed by atoms with van der Waals surface area (Å²) in [6.45, 7) is 2.47. The molecule has 3 nitrogen and oxygen atoms in total. The van der Waals surface area contributed by atoms with Crippen molar-refractivity contribution in [1.82, 2.24) is 0 Å². The second kappa shape index (κ2) is 4.24. The molecule has 1 aromatic carbocycles. The van der Waals surface area contributed by atoms with Crippen molar-refractivity contribution < 1.29 is 4.79 Å². The molecule has 1 atom stereocenters. The van der Waals surface area contributed by atoms with Gasteiger partial charge in [-0.25, -0.2) is 0 Å². The van der Waals surface area contributed by atoms with Gasteiger partial charge in [0, 0.05) is 11.4 Å². The lowest BCUT2D eigenvalue weighted by Crippen LogP contribution is -2.35. The predicted octanol–water partition coefficient (Wildman–Crippen LogP) is 1.62. The number of aryl methyl sites for hydroxylation is 1. The minimum absolute atomic E-state index is 0.0240. The van der Waals surface area contributed by atoms with Gasteiger partial charge in [-0.15, -0.1) is 11.8 Å².